The Morgan fingerprint density at radius 3 is 2.92 bits per heavy atom. The van der Waals surface area contributed by atoms with Crippen molar-refractivity contribution in [1.29, 1.82) is 5.26 Å². The lowest BCUT2D eigenvalue weighted by atomic mass is 10.2. The summed E-state index contributed by atoms with van der Waals surface area (Å²) >= 11 is 0. The maximum Gasteiger partial charge on any atom is 0.252 e. The van der Waals surface area contributed by atoms with Crippen LogP contribution in [0, 0.1) is 17.2 Å². The van der Waals surface area contributed by atoms with Crippen LogP contribution in [0.25, 0.3) is 0 Å². The lowest BCUT2D eigenvalue weighted by Crippen LogP contribution is -2.05. The molecule has 0 aromatic carbocycles. The molecule has 0 atom stereocenters. The van der Waals surface area contributed by atoms with E-state index in [0.717, 1.165) is 0 Å². The number of nitrogens with one attached hydrogen (secondary N) is 1. The van der Waals surface area contributed by atoms with Crippen LogP contribution in [0.4, 0.5) is 5.82 Å². The third-order valence-corrected chi connectivity index (χ3v) is 1.43. The van der Waals surface area contributed by atoms with E-state index in [9.17, 15) is 0 Å². The summed E-state index contributed by atoms with van der Waals surface area (Å²) in [4.78, 5) is 0. The van der Waals surface area contributed by atoms with Crippen LogP contribution in [-0.2, 0) is 0 Å². The fourth-order valence-corrected chi connectivity index (χ4v) is 0.796. The van der Waals surface area contributed by atoms with Crippen LogP contribution in [-0.4, -0.2) is 16.8 Å². The Kier molecular flexibility index (Phi) is 2.75. The number of hydrogen-bond donors (Lipinski definition) is 2. The summed E-state index contributed by atoms with van der Waals surface area (Å²) in [5.41, 5.74) is 5.72. The van der Waals surface area contributed by atoms with Gasteiger partial charge in [0, 0.05) is 0 Å². The average Bonchev–Trinajstić information content (AvgIpc) is 2.42. The molecule has 13 heavy (non-hydrogen) atoms. The average molecular weight is 180 g/mol. The van der Waals surface area contributed by atoms with Crippen molar-refractivity contribution < 1.29 is 4.74 Å². The number of rotatable bonds is 3. The molecular formula is C8H12N4O. The minimum atomic E-state index is 0.251. The molecule has 0 radical (unpaired) electrons. The fraction of sp³-hybridized carbons (Fsp3) is 0.500. The zero-order valence-electron chi connectivity index (χ0n) is 7.66. The van der Waals surface area contributed by atoms with Gasteiger partial charge in [-0.25, -0.2) is 0 Å². The first-order valence-electron chi connectivity index (χ1n) is 4.02. The first kappa shape index (κ1) is 9.39. The molecule has 0 unspecified atom stereocenters. The highest BCUT2D eigenvalue weighted by atomic mass is 16.5. The summed E-state index contributed by atoms with van der Waals surface area (Å²) in [5.74, 6) is 0.930. The van der Waals surface area contributed by atoms with E-state index >= 15 is 0 Å². The van der Waals surface area contributed by atoms with Gasteiger partial charge in [0.05, 0.1) is 6.61 Å². The predicted octanol–water partition coefficient (Wildman–Crippen LogP) is 0.898. The van der Waals surface area contributed by atoms with Crippen molar-refractivity contribution >= 4 is 5.82 Å². The Hall–Kier alpha value is -1.70. The third-order valence-electron chi connectivity index (χ3n) is 1.43. The quantitative estimate of drug-likeness (QED) is 0.723. The summed E-state index contributed by atoms with van der Waals surface area (Å²) in [6, 6.07) is 1.92. The van der Waals surface area contributed by atoms with Gasteiger partial charge in [-0.2, -0.15) is 5.26 Å². The van der Waals surface area contributed by atoms with Crippen LogP contribution >= 0.6 is 0 Å². The number of H-pyrrole nitrogens is 1. The van der Waals surface area contributed by atoms with Crippen LogP contribution in [0.15, 0.2) is 0 Å². The number of nitriles is 1. The Morgan fingerprint density at radius 1 is 1.69 bits per heavy atom. The maximum atomic E-state index is 8.68. The second-order valence-electron chi connectivity index (χ2n) is 3.13. The third kappa shape index (κ3) is 2.12. The fourth-order valence-electron chi connectivity index (χ4n) is 0.796. The SMILES string of the molecule is CC(C)COc1n[nH]c(N)c1C#N. The second kappa shape index (κ2) is 3.81. The van der Waals surface area contributed by atoms with E-state index in [2.05, 4.69) is 10.2 Å². The van der Waals surface area contributed by atoms with E-state index in [0.29, 0.717) is 12.5 Å². The zero-order chi connectivity index (χ0) is 9.84. The van der Waals surface area contributed by atoms with Crippen LogP contribution < -0.4 is 10.5 Å². The highest BCUT2D eigenvalue weighted by Crippen LogP contribution is 2.19. The number of anilines is 1. The number of hydrogen-bond acceptors (Lipinski definition) is 4. The Labute approximate surface area is 76.5 Å². The molecular weight excluding hydrogens is 168 g/mol. The molecule has 0 fully saturated rings. The van der Waals surface area contributed by atoms with Gasteiger partial charge in [-0.1, -0.05) is 13.8 Å². The molecule has 0 aliphatic rings. The lowest BCUT2D eigenvalue weighted by Gasteiger charge is -2.04. The first-order chi connectivity index (χ1) is 6.15. The molecule has 0 aliphatic carbocycles. The smallest absolute Gasteiger partial charge is 0.252 e. The van der Waals surface area contributed by atoms with Crippen molar-refractivity contribution in [2.45, 2.75) is 13.8 Å². The van der Waals surface area contributed by atoms with Crippen molar-refractivity contribution in [2.24, 2.45) is 5.92 Å². The molecule has 0 saturated heterocycles. The molecule has 0 aliphatic heterocycles. The summed E-state index contributed by atoms with van der Waals surface area (Å²) < 4.78 is 5.27. The summed E-state index contributed by atoms with van der Waals surface area (Å²) in [7, 11) is 0. The number of ether oxygens (including phenoxy) is 1. The van der Waals surface area contributed by atoms with Crippen molar-refractivity contribution in [3.05, 3.63) is 5.56 Å². The van der Waals surface area contributed by atoms with Crippen LogP contribution in [0.2, 0.25) is 0 Å². The van der Waals surface area contributed by atoms with E-state index in [1.165, 1.54) is 0 Å². The number of nitrogens with two attached hydrogens (primary N) is 1. The normalized spacial score (nSPS) is 10.0. The lowest BCUT2D eigenvalue weighted by molar-refractivity contribution is 0.260. The summed E-state index contributed by atoms with van der Waals surface area (Å²) in [6.45, 7) is 4.56. The van der Waals surface area contributed by atoms with E-state index < -0.39 is 0 Å². The van der Waals surface area contributed by atoms with Crippen molar-refractivity contribution in [1.82, 2.24) is 10.2 Å². The van der Waals surface area contributed by atoms with E-state index in [1.54, 1.807) is 0 Å². The maximum absolute atomic E-state index is 8.68. The molecule has 3 N–H and O–H groups in total. The van der Waals surface area contributed by atoms with Crippen LogP contribution in [0.3, 0.4) is 0 Å². The van der Waals surface area contributed by atoms with Crippen molar-refractivity contribution in [3.8, 4) is 11.9 Å². The Bertz CT molecular complexity index is 323. The molecule has 0 bridgehead atoms. The van der Waals surface area contributed by atoms with Gasteiger partial charge in [0.15, 0.2) is 5.56 Å². The molecule has 1 rings (SSSR count). The highest BCUT2D eigenvalue weighted by Gasteiger charge is 2.11. The van der Waals surface area contributed by atoms with Crippen molar-refractivity contribution in [3.63, 3.8) is 0 Å². The predicted molar refractivity (Wildman–Crippen MR) is 48.0 cm³/mol. The van der Waals surface area contributed by atoms with Gasteiger partial charge in [-0.3, -0.25) is 5.10 Å². The molecule has 0 amide bonds. The molecule has 1 heterocycles. The van der Waals surface area contributed by atoms with Crippen molar-refractivity contribution in [2.75, 3.05) is 12.3 Å². The number of nitrogen functional groups attached to an aromatic ring is 1. The van der Waals surface area contributed by atoms with Gasteiger partial charge >= 0.3 is 0 Å². The number of nitrogens with zero attached hydrogens (tertiary/aromatic N) is 2. The van der Waals surface area contributed by atoms with Gasteiger partial charge in [-0.05, 0) is 5.92 Å². The van der Waals surface area contributed by atoms with Gasteiger partial charge in [-0.15, -0.1) is 5.10 Å². The summed E-state index contributed by atoms with van der Waals surface area (Å²) in [5, 5.41) is 14.9. The monoisotopic (exact) mass is 180 g/mol. The Morgan fingerprint density at radius 2 is 2.38 bits per heavy atom. The molecule has 0 saturated carbocycles. The Balaban J connectivity index is 2.73. The topological polar surface area (TPSA) is 87.7 Å². The van der Waals surface area contributed by atoms with Crippen LogP contribution in [0.5, 0.6) is 5.88 Å². The van der Waals surface area contributed by atoms with Crippen LogP contribution in [0.1, 0.15) is 19.4 Å². The zero-order valence-corrected chi connectivity index (χ0v) is 7.66. The molecule has 70 valence electrons. The standard InChI is InChI=1S/C8H12N4O/c1-5(2)4-13-8-6(3-9)7(10)11-12-8/h5H,4H2,1-2H3,(H3,10,11,12). The largest absolute Gasteiger partial charge is 0.475 e. The second-order valence-corrected chi connectivity index (χ2v) is 3.13. The van der Waals surface area contributed by atoms with E-state index in [-0.39, 0.29) is 17.3 Å². The van der Waals surface area contributed by atoms with Gasteiger partial charge in [0.25, 0.3) is 5.88 Å². The minimum Gasteiger partial charge on any atom is -0.475 e. The van der Waals surface area contributed by atoms with Gasteiger partial charge < -0.3 is 10.5 Å². The number of aromatic amines is 1. The van der Waals surface area contributed by atoms with Gasteiger partial charge in [0.2, 0.25) is 0 Å². The summed E-state index contributed by atoms with van der Waals surface area (Å²) in [6.07, 6.45) is 0. The van der Waals surface area contributed by atoms with E-state index in [1.807, 2.05) is 19.9 Å². The first-order valence-corrected chi connectivity index (χ1v) is 4.02. The van der Waals surface area contributed by atoms with E-state index in [4.69, 9.17) is 15.7 Å². The molecule has 5 heteroatoms. The minimum absolute atomic E-state index is 0.251. The van der Waals surface area contributed by atoms with Gasteiger partial charge in [0.1, 0.15) is 11.9 Å². The molecule has 0 spiro atoms. The molecule has 1 aromatic heterocycles. The number of aromatic nitrogens is 2. The highest BCUT2D eigenvalue weighted by molar-refractivity contribution is 5.53. The molecule has 1 aromatic rings. The molecule has 5 nitrogen and oxygen atoms in total.